The molecule has 2 aromatic rings. The van der Waals surface area contributed by atoms with Crippen LogP contribution in [0.3, 0.4) is 0 Å². The summed E-state index contributed by atoms with van der Waals surface area (Å²) in [5, 5.41) is 0. The first-order valence-electron chi connectivity index (χ1n) is 11.1. The summed E-state index contributed by atoms with van der Waals surface area (Å²) in [7, 11) is 0. The zero-order valence-corrected chi connectivity index (χ0v) is 19.5. The highest BCUT2D eigenvalue weighted by Gasteiger charge is 2.24. The van der Waals surface area contributed by atoms with E-state index in [1.165, 1.54) is 10.1 Å². The van der Waals surface area contributed by atoms with Gasteiger partial charge in [-0.3, -0.25) is 18.7 Å². The lowest BCUT2D eigenvalue weighted by Crippen LogP contribution is -2.45. The number of aromatic nitrogens is 2. The van der Waals surface area contributed by atoms with Crippen molar-refractivity contribution < 1.29 is 4.79 Å². The highest BCUT2D eigenvalue weighted by molar-refractivity contribution is 5.94. The van der Waals surface area contributed by atoms with Gasteiger partial charge in [0, 0.05) is 49.9 Å². The van der Waals surface area contributed by atoms with Gasteiger partial charge in [0.15, 0.2) is 0 Å². The van der Waals surface area contributed by atoms with Gasteiger partial charge in [-0.25, -0.2) is 4.79 Å². The molecule has 0 N–H and O–H groups in total. The summed E-state index contributed by atoms with van der Waals surface area (Å²) >= 11 is 0. The molecular weight excluding hydrogens is 392 g/mol. The van der Waals surface area contributed by atoms with Crippen LogP contribution in [0.5, 0.6) is 0 Å². The first-order chi connectivity index (χ1) is 14.6. The van der Waals surface area contributed by atoms with Crippen LogP contribution < -0.4 is 16.1 Å². The molecule has 7 nitrogen and oxygen atoms in total. The number of aryl methyl sites for hydroxylation is 2. The van der Waals surface area contributed by atoms with Crippen LogP contribution in [-0.4, -0.2) is 46.1 Å². The molecule has 1 amide bonds. The van der Waals surface area contributed by atoms with E-state index < -0.39 is 0 Å². The summed E-state index contributed by atoms with van der Waals surface area (Å²) in [5.41, 5.74) is 2.42. The summed E-state index contributed by atoms with van der Waals surface area (Å²) in [6.45, 7) is 14.1. The van der Waals surface area contributed by atoms with Crippen LogP contribution in [0.4, 0.5) is 5.82 Å². The molecule has 7 heteroatoms. The predicted octanol–water partition coefficient (Wildman–Crippen LogP) is 3.14. The van der Waals surface area contributed by atoms with Gasteiger partial charge >= 0.3 is 5.69 Å². The monoisotopic (exact) mass is 426 g/mol. The van der Waals surface area contributed by atoms with Crippen LogP contribution in [0.25, 0.3) is 0 Å². The maximum atomic E-state index is 13.1. The Morgan fingerprint density at radius 2 is 1.52 bits per heavy atom. The standard InChI is InChI=1S/C24H34N4O3/c1-16(2)27-21(15-22(29)28(17(3)4)24(27)31)25-10-7-11-26(13-12-25)23(30)20-9-8-18(5)19(6)14-20/h8-9,14-17H,7,10-13H2,1-6H3. The van der Waals surface area contributed by atoms with Gasteiger partial charge in [-0.1, -0.05) is 6.07 Å². The predicted molar refractivity (Wildman–Crippen MR) is 124 cm³/mol. The quantitative estimate of drug-likeness (QED) is 0.753. The molecule has 0 atom stereocenters. The molecule has 1 saturated heterocycles. The van der Waals surface area contributed by atoms with Crippen molar-refractivity contribution in [2.45, 2.75) is 60.0 Å². The van der Waals surface area contributed by atoms with Gasteiger partial charge in [0.05, 0.1) is 0 Å². The topological polar surface area (TPSA) is 67.6 Å². The Bertz CT molecular complexity index is 1080. The van der Waals surface area contributed by atoms with Crippen LogP contribution in [0.1, 0.15) is 67.7 Å². The van der Waals surface area contributed by atoms with Crippen LogP contribution in [0.2, 0.25) is 0 Å². The Morgan fingerprint density at radius 1 is 0.839 bits per heavy atom. The molecule has 1 aliphatic rings. The molecule has 0 aliphatic carbocycles. The molecule has 1 aliphatic heterocycles. The second kappa shape index (κ2) is 9.12. The van der Waals surface area contributed by atoms with Crippen LogP contribution in [-0.2, 0) is 0 Å². The molecule has 0 spiro atoms. The molecule has 168 valence electrons. The van der Waals surface area contributed by atoms with E-state index in [1.807, 2.05) is 64.6 Å². The van der Waals surface area contributed by atoms with Crippen molar-refractivity contribution in [3.05, 3.63) is 61.8 Å². The van der Waals surface area contributed by atoms with Gasteiger partial charge in [-0.2, -0.15) is 0 Å². The Morgan fingerprint density at radius 3 is 2.13 bits per heavy atom. The number of anilines is 1. The maximum Gasteiger partial charge on any atom is 0.333 e. The maximum absolute atomic E-state index is 13.1. The Labute approximate surface area is 183 Å². The molecule has 1 fully saturated rings. The average Bonchev–Trinajstić information content (AvgIpc) is 2.94. The lowest BCUT2D eigenvalue weighted by molar-refractivity contribution is 0.0767. The zero-order chi connectivity index (χ0) is 22.9. The number of benzene rings is 1. The summed E-state index contributed by atoms with van der Waals surface area (Å²) in [5.74, 6) is 0.670. The first kappa shape index (κ1) is 22.8. The lowest BCUT2D eigenvalue weighted by atomic mass is 10.1. The highest BCUT2D eigenvalue weighted by Crippen LogP contribution is 2.19. The number of rotatable bonds is 4. The molecule has 0 saturated carbocycles. The van der Waals surface area contributed by atoms with E-state index in [0.29, 0.717) is 37.6 Å². The minimum absolute atomic E-state index is 0.0291. The summed E-state index contributed by atoms with van der Waals surface area (Å²) in [4.78, 5) is 42.8. The summed E-state index contributed by atoms with van der Waals surface area (Å²) in [6.07, 6.45) is 0.774. The molecular formula is C24H34N4O3. The fourth-order valence-electron chi connectivity index (χ4n) is 4.17. The SMILES string of the molecule is Cc1ccc(C(=O)N2CCCN(c3cc(=O)n(C(C)C)c(=O)n3C(C)C)CC2)cc1C. The summed E-state index contributed by atoms with van der Waals surface area (Å²) < 4.78 is 3.00. The molecule has 3 rings (SSSR count). The Balaban J connectivity index is 1.88. The number of amides is 1. The number of hydrogen-bond donors (Lipinski definition) is 0. The number of hydrogen-bond acceptors (Lipinski definition) is 4. The van der Waals surface area contributed by atoms with Gasteiger partial charge < -0.3 is 9.80 Å². The van der Waals surface area contributed by atoms with E-state index >= 15 is 0 Å². The van der Waals surface area contributed by atoms with Crippen LogP contribution >= 0.6 is 0 Å². The smallest absolute Gasteiger partial charge is 0.333 e. The third kappa shape index (κ3) is 4.60. The van der Waals surface area contributed by atoms with Crippen molar-refractivity contribution >= 4 is 11.7 Å². The first-order valence-corrected chi connectivity index (χ1v) is 11.1. The van der Waals surface area contributed by atoms with Crippen molar-refractivity contribution in [3.8, 4) is 0 Å². The van der Waals surface area contributed by atoms with Crippen LogP contribution in [0.15, 0.2) is 33.9 Å². The zero-order valence-electron chi connectivity index (χ0n) is 19.5. The number of carbonyl (C=O) groups excluding carboxylic acids is 1. The van der Waals surface area contributed by atoms with Gasteiger partial charge in [0.1, 0.15) is 5.82 Å². The largest absolute Gasteiger partial charge is 0.356 e. The molecule has 0 radical (unpaired) electrons. The minimum atomic E-state index is -0.279. The minimum Gasteiger partial charge on any atom is -0.356 e. The number of nitrogens with zero attached hydrogens (tertiary/aromatic N) is 4. The third-order valence-electron chi connectivity index (χ3n) is 6.04. The van der Waals surface area contributed by atoms with Gasteiger partial charge in [-0.05, 0) is 71.2 Å². The van der Waals surface area contributed by atoms with E-state index in [2.05, 4.69) is 4.90 Å². The fraction of sp³-hybridized carbons (Fsp3) is 0.542. The molecule has 31 heavy (non-hydrogen) atoms. The molecule has 2 heterocycles. The normalized spacial score (nSPS) is 15.0. The summed E-state index contributed by atoms with van der Waals surface area (Å²) in [6, 6.07) is 7.11. The van der Waals surface area contributed by atoms with Crippen molar-refractivity contribution in [1.82, 2.24) is 14.0 Å². The van der Waals surface area contributed by atoms with E-state index in [-0.39, 0.29) is 29.2 Å². The third-order valence-corrected chi connectivity index (χ3v) is 6.04. The van der Waals surface area contributed by atoms with E-state index in [9.17, 15) is 14.4 Å². The Kier molecular flexibility index (Phi) is 6.72. The van der Waals surface area contributed by atoms with Crippen molar-refractivity contribution in [3.63, 3.8) is 0 Å². The van der Waals surface area contributed by atoms with Crippen molar-refractivity contribution in [2.75, 3.05) is 31.1 Å². The second-order valence-corrected chi connectivity index (χ2v) is 8.98. The van der Waals surface area contributed by atoms with Gasteiger partial charge in [0.2, 0.25) is 0 Å². The van der Waals surface area contributed by atoms with E-state index in [0.717, 1.165) is 12.0 Å². The van der Waals surface area contributed by atoms with Crippen molar-refractivity contribution in [2.24, 2.45) is 0 Å². The molecule has 0 bridgehead atoms. The fourth-order valence-corrected chi connectivity index (χ4v) is 4.17. The second-order valence-electron chi connectivity index (χ2n) is 8.98. The van der Waals surface area contributed by atoms with E-state index in [4.69, 9.17) is 0 Å². The Hall–Kier alpha value is -2.83. The highest BCUT2D eigenvalue weighted by atomic mass is 16.2. The molecule has 1 aromatic heterocycles. The molecule has 1 aromatic carbocycles. The van der Waals surface area contributed by atoms with Gasteiger partial charge in [0.25, 0.3) is 11.5 Å². The van der Waals surface area contributed by atoms with Crippen LogP contribution in [0, 0.1) is 13.8 Å². The number of carbonyl (C=O) groups is 1. The lowest BCUT2D eigenvalue weighted by Gasteiger charge is -2.29. The van der Waals surface area contributed by atoms with Crippen molar-refractivity contribution in [1.29, 1.82) is 0 Å². The van der Waals surface area contributed by atoms with E-state index in [1.54, 1.807) is 10.6 Å². The van der Waals surface area contributed by atoms with Gasteiger partial charge in [-0.15, -0.1) is 0 Å². The molecule has 0 unspecified atom stereocenters. The average molecular weight is 427 g/mol.